The molecule has 0 fully saturated rings. The van der Waals surface area contributed by atoms with Gasteiger partial charge in [-0.05, 0) is 30.3 Å². The van der Waals surface area contributed by atoms with Gasteiger partial charge >= 0.3 is 6.43 Å². The van der Waals surface area contributed by atoms with Crippen LogP contribution in [0.3, 0.4) is 0 Å². The average molecular weight is 355 g/mol. The molecule has 0 radical (unpaired) electrons. The molecule has 0 aliphatic heterocycles. The van der Waals surface area contributed by atoms with E-state index in [1.54, 1.807) is 24.3 Å². The normalized spacial score (nSPS) is 13.3. The van der Waals surface area contributed by atoms with Crippen molar-refractivity contribution in [3.8, 4) is 5.75 Å². The van der Waals surface area contributed by atoms with Gasteiger partial charge in [0.05, 0.1) is 10.4 Å². The van der Waals surface area contributed by atoms with E-state index in [-0.39, 0.29) is 16.2 Å². The Hall–Kier alpha value is -2.48. The SMILES string of the molecule is O=S(=O)(c1ccccc1)n1ccc2ccc(OC(F)C(F)F)cc21. The molecule has 1 atom stereocenters. The topological polar surface area (TPSA) is 48.3 Å². The number of nitrogens with zero attached hydrogens (tertiary/aromatic N) is 1. The molecule has 3 aromatic rings. The highest BCUT2D eigenvalue weighted by atomic mass is 32.2. The number of benzene rings is 2. The lowest BCUT2D eigenvalue weighted by molar-refractivity contribution is -0.0668. The first-order valence-corrected chi connectivity index (χ1v) is 8.34. The fourth-order valence-corrected chi connectivity index (χ4v) is 3.62. The van der Waals surface area contributed by atoms with E-state index >= 15 is 0 Å². The zero-order valence-corrected chi connectivity index (χ0v) is 13.0. The molecule has 0 amide bonds. The van der Waals surface area contributed by atoms with Gasteiger partial charge in [0.15, 0.2) is 0 Å². The fraction of sp³-hybridized carbons (Fsp3) is 0.125. The van der Waals surface area contributed by atoms with Crippen LogP contribution in [0.1, 0.15) is 0 Å². The minimum Gasteiger partial charge on any atom is -0.454 e. The largest absolute Gasteiger partial charge is 0.454 e. The molecule has 0 aliphatic rings. The molecule has 0 bridgehead atoms. The van der Waals surface area contributed by atoms with Crippen molar-refractivity contribution in [3.05, 3.63) is 60.8 Å². The van der Waals surface area contributed by atoms with E-state index in [1.165, 1.54) is 36.5 Å². The van der Waals surface area contributed by atoms with Crippen LogP contribution < -0.4 is 4.74 Å². The van der Waals surface area contributed by atoms with E-state index in [1.807, 2.05) is 0 Å². The van der Waals surface area contributed by atoms with E-state index in [4.69, 9.17) is 0 Å². The molecule has 0 saturated heterocycles. The fourth-order valence-electron chi connectivity index (χ4n) is 2.25. The summed E-state index contributed by atoms with van der Waals surface area (Å²) in [5.74, 6) is -0.182. The number of hydrogen-bond acceptors (Lipinski definition) is 3. The highest BCUT2D eigenvalue weighted by Gasteiger charge is 2.22. The lowest BCUT2D eigenvalue weighted by Gasteiger charge is -2.11. The van der Waals surface area contributed by atoms with Crippen molar-refractivity contribution in [2.75, 3.05) is 0 Å². The first-order valence-electron chi connectivity index (χ1n) is 6.90. The summed E-state index contributed by atoms with van der Waals surface area (Å²) in [7, 11) is -3.86. The summed E-state index contributed by atoms with van der Waals surface area (Å²) >= 11 is 0. The Morgan fingerprint density at radius 1 is 0.958 bits per heavy atom. The Labute approximate surface area is 136 Å². The van der Waals surface area contributed by atoms with Crippen LogP contribution in [0.15, 0.2) is 65.7 Å². The van der Waals surface area contributed by atoms with Gasteiger partial charge in [-0.25, -0.2) is 21.2 Å². The lowest BCUT2D eigenvalue weighted by atomic mass is 10.2. The van der Waals surface area contributed by atoms with Crippen molar-refractivity contribution in [2.45, 2.75) is 17.7 Å². The molecule has 24 heavy (non-hydrogen) atoms. The Kier molecular flexibility index (Phi) is 4.23. The maximum Gasteiger partial charge on any atom is 0.304 e. The molecule has 1 aromatic heterocycles. The molecule has 1 heterocycles. The Balaban J connectivity index is 2.06. The van der Waals surface area contributed by atoms with Gasteiger partial charge in [-0.2, -0.15) is 4.39 Å². The van der Waals surface area contributed by atoms with Crippen molar-refractivity contribution in [2.24, 2.45) is 0 Å². The van der Waals surface area contributed by atoms with E-state index < -0.39 is 22.8 Å². The Morgan fingerprint density at radius 3 is 2.33 bits per heavy atom. The first-order chi connectivity index (χ1) is 11.4. The van der Waals surface area contributed by atoms with Crippen molar-refractivity contribution in [1.82, 2.24) is 3.97 Å². The molecule has 0 spiro atoms. The molecular weight excluding hydrogens is 343 g/mol. The quantitative estimate of drug-likeness (QED) is 0.699. The van der Waals surface area contributed by atoms with E-state index in [2.05, 4.69) is 4.74 Å². The van der Waals surface area contributed by atoms with Crippen LogP contribution >= 0.6 is 0 Å². The molecule has 0 N–H and O–H groups in total. The summed E-state index contributed by atoms with van der Waals surface area (Å²) < 4.78 is 68.4. The number of halogens is 3. The van der Waals surface area contributed by atoms with Crippen LogP contribution in [0.5, 0.6) is 5.75 Å². The number of hydrogen-bond donors (Lipinski definition) is 0. The van der Waals surface area contributed by atoms with Gasteiger partial charge in [0.1, 0.15) is 5.75 Å². The summed E-state index contributed by atoms with van der Waals surface area (Å²) in [6.45, 7) is 0. The number of aromatic nitrogens is 1. The summed E-state index contributed by atoms with van der Waals surface area (Å²) in [6.07, 6.45) is -4.73. The summed E-state index contributed by atoms with van der Waals surface area (Å²) in [6, 6.07) is 13.3. The zero-order valence-electron chi connectivity index (χ0n) is 12.1. The average Bonchev–Trinajstić information content (AvgIpc) is 2.99. The van der Waals surface area contributed by atoms with Gasteiger partial charge in [-0.15, -0.1) is 0 Å². The van der Waals surface area contributed by atoms with Crippen LogP contribution in [0.2, 0.25) is 0 Å². The van der Waals surface area contributed by atoms with E-state index in [0.29, 0.717) is 5.39 Å². The number of fused-ring (bicyclic) bond motifs is 1. The van der Waals surface area contributed by atoms with Gasteiger partial charge in [0.25, 0.3) is 16.4 Å². The van der Waals surface area contributed by atoms with Crippen molar-refractivity contribution in [3.63, 3.8) is 0 Å². The number of alkyl halides is 3. The molecule has 0 aliphatic carbocycles. The standard InChI is InChI=1S/C16H12F3NO3S/c17-15(18)16(19)23-12-7-6-11-8-9-20(14(11)10-12)24(21,22)13-4-2-1-3-5-13/h1-10,15-16H. The first kappa shape index (κ1) is 16.4. The summed E-state index contributed by atoms with van der Waals surface area (Å²) in [5, 5.41) is 0.550. The third kappa shape index (κ3) is 2.96. The second-order valence-electron chi connectivity index (χ2n) is 4.95. The molecule has 0 saturated carbocycles. The second kappa shape index (κ2) is 6.20. The van der Waals surface area contributed by atoms with Gasteiger partial charge in [0, 0.05) is 17.6 Å². The van der Waals surface area contributed by atoms with Gasteiger partial charge < -0.3 is 4.74 Å². The molecule has 1 unspecified atom stereocenters. The molecule has 2 aromatic carbocycles. The molecule has 8 heteroatoms. The third-order valence-electron chi connectivity index (χ3n) is 3.38. The molecular formula is C16H12F3NO3S. The predicted molar refractivity (Wildman–Crippen MR) is 82.5 cm³/mol. The van der Waals surface area contributed by atoms with Crippen LogP contribution in [0, 0.1) is 0 Å². The summed E-state index contributed by atoms with van der Waals surface area (Å²) in [5.41, 5.74) is 0.206. The number of ether oxygens (including phenoxy) is 1. The predicted octanol–water partition coefficient (Wildman–Crippen LogP) is 3.82. The Bertz CT molecular complexity index is 955. The third-order valence-corrected chi connectivity index (χ3v) is 5.08. The Morgan fingerprint density at radius 2 is 1.67 bits per heavy atom. The zero-order chi connectivity index (χ0) is 17.3. The van der Waals surface area contributed by atoms with Crippen LogP contribution in [-0.2, 0) is 10.0 Å². The van der Waals surface area contributed by atoms with Crippen LogP contribution in [0.25, 0.3) is 10.9 Å². The molecule has 126 valence electrons. The monoisotopic (exact) mass is 355 g/mol. The van der Waals surface area contributed by atoms with Crippen LogP contribution in [-0.4, -0.2) is 25.2 Å². The van der Waals surface area contributed by atoms with Crippen molar-refractivity contribution >= 4 is 20.9 Å². The summed E-state index contributed by atoms with van der Waals surface area (Å²) in [4.78, 5) is 0.0739. The lowest BCUT2D eigenvalue weighted by Crippen LogP contribution is -2.19. The number of rotatable bonds is 5. The molecule has 4 nitrogen and oxygen atoms in total. The highest BCUT2D eigenvalue weighted by molar-refractivity contribution is 7.90. The van der Waals surface area contributed by atoms with Crippen molar-refractivity contribution in [1.29, 1.82) is 0 Å². The smallest absolute Gasteiger partial charge is 0.304 e. The highest BCUT2D eigenvalue weighted by Crippen LogP contribution is 2.27. The maximum absolute atomic E-state index is 13.0. The minimum atomic E-state index is -3.86. The van der Waals surface area contributed by atoms with E-state index in [0.717, 1.165) is 3.97 Å². The van der Waals surface area contributed by atoms with Gasteiger partial charge in [0.2, 0.25) is 0 Å². The van der Waals surface area contributed by atoms with Gasteiger partial charge in [-0.1, -0.05) is 18.2 Å². The maximum atomic E-state index is 13.0. The second-order valence-corrected chi connectivity index (χ2v) is 6.77. The van der Waals surface area contributed by atoms with E-state index in [9.17, 15) is 21.6 Å². The van der Waals surface area contributed by atoms with Crippen LogP contribution in [0.4, 0.5) is 13.2 Å². The minimum absolute atomic E-state index is 0.0739. The molecule has 3 rings (SSSR count). The van der Waals surface area contributed by atoms with Crippen molar-refractivity contribution < 1.29 is 26.3 Å². The van der Waals surface area contributed by atoms with Gasteiger partial charge in [-0.3, -0.25) is 0 Å².